The maximum absolute atomic E-state index is 13.2. The monoisotopic (exact) mass is 651 g/mol. The zero-order valence-corrected chi connectivity index (χ0v) is 25.5. The number of aryl methyl sites for hydroxylation is 1. The number of aliphatic carboxylic acids is 1. The van der Waals surface area contributed by atoms with Gasteiger partial charge in [-0.3, -0.25) is 29.4 Å². The molecule has 0 saturated carbocycles. The lowest BCUT2D eigenvalue weighted by Crippen LogP contribution is -2.31. The van der Waals surface area contributed by atoms with E-state index in [4.69, 9.17) is 33.4 Å². The predicted octanol–water partition coefficient (Wildman–Crippen LogP) is 4.35. The Morgan fingerprint density at radius 3 is 2.20 bits per heavy atom. The third-order valence-corrected chi connectivity index (χ3v) is 8.04. The van der Waals surface area contributed by atoms with Crippen LogP contribution in [0.2, 0.25) is 10.0 Å². The quantitative estimate of drug-likeness (QED) is 0.122. The van der Waals surface area contributed by atoms with E-state index in [-0.39, 0.29) is 40.6 Å². The molecule has 0 fully saturated rings. The summed E-state index contributed by atoms with van der Waals surface area (Å²) in [4.78, 5) is 41.4. The summed E-state index contributed by atoms with van der Waals surface area (Å²) in [5.41, 5.74) is 3.78. The number of carbonyl (C=O) groups is 3. The topological polar surface area (TPSA) is 170 Å². The molecule has 0 radical (unpaired) electrons. The Kier molecular flexibility index (Phi) is 10.4. The summed E-state index contributed by atoms with van der Waals surface area (Å²) >= 11 is 13.5. The molecule has 1 aliphatic heterocycles. The van der Waals surface area contributed by atoms with Gasteiger partial charge in [-0.1, -0.05) is 53.5 Å². The number of aliphatic hydroxyl groups is 1. The van der Waals surface area contributed by atoms with Gasteiger partial charge >= 0.3 is 5.97 Å². The van der Waals surface area contributed by atoms with Crippen molar-refractivity contribution in [2.24, 2.45) is 0 Å². The lowest BCUT2D eigenvalue weighted by Gasteiger charge is -2.23. The first kappa shape index (κ1) is 32.1. The number of amides is 2. The van der Waals surface area contributed by atoms with Crippen LogP contribution in [0.1, 0.15) is 51.1 Å². The first-order chi connectivity index (χ1) is 21.7. The SMILES string of the molecule is O=C(O)CNC1CCCn2nc(C(=O)Nc3cccc(-c4cccc(NC(=O)c5ccc(CNCCO)cn5)c4Cl)c3Cl)cc21. The van der Waals surface area contributed by atoms with Crippen molar-refractivity contribution < 1.29 is 24.6 Å². The van der Waals surface area contributed by atoms with Crippen LogP contribution in [0.4, 0.5) is 11.4 Å². The van der Waals surface area contributed by atoms with E-state index in [1.165, 1.54) is 0 Å². The Labute approximate surface area is 268 Å². The van der Waals surface area contributed by atoms with Crippen LogP contribution in [0.15, 0.2) is 60.8 Å². The first-order valence-electron chi connectivity index (χ1n) is 14.2. The van der Waals surface area contributed by atoms with Crippen molar-refractivity contribution in [3.05, 3.63) is 93.5 Å². The smallest absolute Gasteiger partial charge is 0.317 e. The van der Waals surface area contributed by atoms with Gasteiger partial charge in [-0.15, -0.1) is 0 Å². The van der Waals surface area contributed by atoms with E-state index < -0.39 is 17.8 Å². The second-order valence-electron chi connectivity index (χ2n) is 10.3. The molecule has 4 aromatic rings. The van der Waals surface area contributed by atoms with Crippen LogP contribution >= 0.6 is 23.2 Å². The zero-order valence-electron chi connectivity index (χ0n) is 24.0. The zero-order chi connectivity index (χ0) is 31.9. The van der Waals surface area contributed by atoms with Crippen molar-refractivity contribution in [1.29, 1.82) is 0 Å². The summed E-state index contributed by atoms with van der Waals surface area (Å²) in [6.45, 7) is 1.43. The van der Waals surface area contributed by atoms with Crippen LogP contribution in [-0.2, 0) is 17.9 Å². The number of aliphatic hydroxyl groups excluding tert-OH is 1. The Balaban J connectivity index is 1.31. The highest BCUT2D eigenvalue weighted by molar-refractivity contribution is 6.40. The molecule has 1 unspecified atom stereocenters. The second-order valence-corrected chi connectivity index (χ2v) is 11.1. The summed E-state index contributed by atoms with van der Waals surface area (Å²) < 4.78 is 1.72. The average Bonchev–Trinajstić information content (AvgIpc) is 3.48. The van der Waals surface area contributed by atoms with Crippen molar-refractivity contribution in [2.45, 2.75) is 32.0 Å². The number of hydrogen-bond acceptors (Lipinski definition) is 8. The van der Waals surface area contributed by atoms with Crippen LogP contribution in [0, 0.1) is 0 Å². The maximum Gasteiger partial charge on any atom is 0.317 e. The molecule has 234 valence electrons. The maximum atomic E-state index is 13.2. The molecule has 0 spiro atoms. The van der Waals surface area contributed by atoms with Gasteiger partial charge in [0.2, 0.25) is 0 Å². The summed E-state index contributed by atoms with van der Waals surface area (Å²) in [6, 6.07) is 15.1. The van der Waals surface area contributed by atoms with Crippen molar-refractivity contribution in [1.82, 2.24) is 25.4 Å². The van der Waals surface area contributed by atoms with Crippen molar-refractivity contribution in [3.63, 3.8) is 0 Å². The number of carboxylic acids is 1. The molecule has 1 atom stereocenters. The normalized spacial score (nSPS) is 14.1. The van der Waals surface area contributed by atoms with Gasteiger partial charge in [-0.2, -0.15) is 5.10 Å². The van der Waals surface area contributed by atoms with Gasteiger partial charge in [0, 0.05) is 43.0 Å². The van der Waals surface area contributed by atoms with E-state index in [1.807, 2.05) is 0 Å². The van der Waals surface area contributed by atoms with Gasteiger partial charge in [0.25, 0.3) is 11.8 Å². The van der Waals surface area contributed by atoms with Gasteiger partial charge in [0.05, 0.1) is 40.3 Å². The Morgan fingerprint density at radius 1 is 0.933 bits per heavy atom. The van der Waals surface area contributed by atoms with Crippen LogP contribution in [0.3, 0.4) is 0 Å². The minimum absolute atomic E-state index is 0.0299. The van der Waals surface area contributed by atoms with E-state index in [1.54, 1.807) is 65.5 Å². The second kappa shape index (κ2) is 14.6. The molecule has 2 aromatic carbocycles. The van der Waals surface area contributed by atoms with E-state index in [0.717, 1.165) is 24.1 Å². The molecule has 45 heavy (non-hydrogen) atoms. The fourth-order valence-electron chi connectivity index (χ4n) is 5.03. The average molecular weight is 653 g/mol. The van der Waals surface area contributed by atoms with Gasteiger partial charge in [0.1, 0.15) is 5.69 Å². The van der Waals surface area contributed by atoms with E-state index in [9.17, 15) is 14.4 Å². The Bertz CT molecular complexity index is 1710. The molecular weight excluding hydrogens is 621 g/mol. The van der Waals surface area contributed by atoms with E-state index in [2.05, 4.69) is 31.3 Å². The first-order valence-corrected chi connectivity index (χ1v) is 15.0. The summed E-state index contributed by atoms with van der Waals surface area (Å²) in [7, 11) is 0. The van der Waals surface area contributed by atoms with Crippen LogP contribution < -0.4 is 21.3 Å². The minimum Gasteiger partial charge on any atom is -0.480 e. The number of pyridine rings is 1. The van der Waals surface area contributed by atoms with Gasteiger partial charge in [0.15, 0.2) is 5.69 Å². The highest BCUT2D eigenvalue weighted by atomic mass is 35.5. The standard InChI is InChI=1S/C31H31Cl2N7O5/c32-28-19(4-1-6-22(28)37-30(44)24-10-9-18(16-35-24)15-34-11-13-41)20-5-2-7-23(29(20)33)38-31(45)25-14-26-21(36-17-27(42)43)8-3-12-40(26)39-25/h1-2,4-7,9-10,14,16,21,34,36,41H,3,8,11-13,15,17H2,(H,37,44)(H,38,45)(H,42,43). The largest absolute Gasteiger partial charge is 0.480 e. The number of hydrogen-bond donors (Lipinski definition) is 6. The van der Waals surface area contributed by atoms with Crippen LogP contribution in [0.5, 0.6) is 0 Å². The van der Waals surface area contributed by atoms with Crippen LogP contribution in [-0.4, -0.2) is 62.5 Å². The molecule has 0 bridgehead atoms. The molecule has 0 aliphatic carbocycles. The number of carbonyl (C=O) groups excluding carboxylic acids is 2. The van der Waals surface area contributed by atoms with Crippen molar-refractivity contribution >= 4 is 52.4 Å². The Morgan fingerprint density at radius 2 is 1.60 bits per heavy atom. The summed E-state index contributed by atoms with van der Waals surface area (Å²) in [5, 5.41) is 34.5. The molecule has 0 saturated heterocycles. The van der Waals surface area contributed by atoms with Gasteiger partial charge in [-0.05, 0) is 42.7 Å². The number of aromatic nitrogens is 3. The fourth-order valence-corrected chi connectivity index (χ4v) is 5.58. The summed E-state index contributed by atoms with van der Waals surface area (Å²) in [6.07, 6.45) is 3.12. The fraction of sp³-hybridized carbons (Fsp3) is 0.258. The van der Waals surface area contributed by atoms with Crippen molar-refractivity contribution in [2.75, 3.05) is 30.3 Å². The van der Waals surface area contributed by atoms with E-state index in [0.29, 0.717) is 42.1 Å². The van der Waals surface area contributed by atoms with Gasteiger partial charge < -0.3 is 26.2 Å². The minimum atomic E-state index is -0.960. The summed E-state index contributed by atoms with van der Waals surface area (Å²) in [5.74, 6) is -1.87. The van der Waals surface area contributed by atoms with Crippen LogP contribution in [0.25, 0.3) is 11.1 Å². The number of fused-ring (bicyclic) bond motifs is 1. The third kappa shape index (κ3) is 7.67. The Hall–Kier alpha value is -4.33. The number of benzene rings is 2. The molecule has 14 heteroatoms. The highest BCUT2D eigenvalue weighted by Gasteiger charge is 2.25. The van der Waals surface area contributed by atoms with E-state index >= 15 is 0 Å². The molecule has 12 nitrogen and oxygen atoms in total. The molecule has 2 aromatic heterocycles. The predicted molar refractivity (Wildman–Crippen MR) is 171 cm³/mol. The molecule has 3 heterocycles. The lowest BCUT2D eigenvalue weighted by atomic mass is 10.0. The number of halogens is 2. The van der Waals surface area contributed by atoms with Crippen molar-refractivity contribution in [3.8, 4) is 11.1 Å². The highest BCUT2D eigenvalue weighted by Crippen LogP contribution is 2.40. The molecule has 6 N–H and O–H groups in total. The van der Waals surface area contributed by atoms with Gasteiger partial charge in [-0.25, -0.2) is 0 Å². The molecule has 1 aliphatic rings. The lowest BCUT2D eigenvalue weighted by molar-refractivity contribution is -0.136. The molecular formula is C31H31Cl2N7O5. The number of anilines is 2. The number of nitrogens with one attached hydrogen (secondary N) is 4. The number of carboxylic acid groups (broad SMARTS) is 1. The number of rotatable bonds is 12. The molecule has 5 rings (SSSR count). The third-order valence-electron chi connectivity index (χ3n) is 7.22. The molecule has 2 amide bonds. The number of nitrogens with zero attached hydrogens (tertiary/aromatic N) is 3.